The predicted molar refractivity (Wildman–Crippen MR) is 89.6 cm³/mol. The number of hydrogen-bond donors (Lipinski definition) is 1. The van der Waals surface area contributed by atoms with E-state index in [4.69, 9.17) is 4.74 Å². The quantitative estimate of drug-likeness (QED) is 0.914. The molecule has 0 radical (unpaired) electrons. The van der Waals surface area contributed by atoms with Gasteiger partial charge in [-0.1, -0.05) is 0 Å². The highest BCUT2D eigenvalue weighted by atomic mass is 19.1. The number of piperazine rings is 1. The molecule has 0 spiro atoms. The molecule has 1 aliphatic heterocycles. The standard InChI is InChI=1S/C17H25FN4O2/c1-13(17(24-2)6-4-7-17)20-16(23)22-11-9-21(10-12-22)15-14(18)5-3-8-19-15/h3,5,8,13H,4,6-7,9-12H2,1-2H3,(H,20,23). The minimum Gasteiger partial charge on any atom is -0.376 e. The van der Waals surface area contributed by atoms with Gasteiger partial charge in [0.1, 0.15) is 0 Å². The van der Waals surface area contributed by atoms with Gasteiger partial charge < -0.3 is 19.9 Å². The second-order valence-corrected chi connectivity index (χ2v) is 6.58. The van der Waals surface area contributed by atoms with E-state index in [2.05, 4.69) is 10.3 Å². The Morgan fingerprint density at radius 3 is 2.62 bits per heavy atom. The van der Waals surface area contributed by atoms with Gasteiger partial charge in [-0.2, -0.15) is 0 Å². The average Bonchev–Trinajstić information content (AvgIpc) is 2.55. The molecule has 2 heterocycles. The SMILES string of the molecule is COC1(C(C)NC(=O)N2CCN(c3ncccc3F)CC2)CCC1. The lowest BCUT2D eigenvalue weighted by Crippen LogP contribution is -2.60. The smallest absolute Gasteiger partial charge is 0.317 e. The lowest BCUT2D eigenvalue weighted by molar-refractivity contribution is -0.0920. The summed E-state index contributed by atoms with van der Waals surface area (Å²) in [6, 6.07) is 2.89. The van der Waals surface area contributed by atoms with Gasteiger partial charge in [0, 0.05) is 39.5 Å². The number of halogens is 1. The van der Waals surface area contributed by atoms with Crippen LogP contribution in [0.3, 0.4) is 0 Å². The summed E-state index contributed by atoms with van der Waals surface area (Å²) in [5.41, 5.74) is -0.214. The van der Waals surface area contributed by atoms with Crippen molar-refractivity contribution in [3.05, 3.63) is 24.1 Å². The van der Waals surface area contributed by atoms with Crippen molar-refractivity contribution in [3.63, 3.8) is 0 Å². The molecule has 2 amide bonds. The van der Waals surface area contributed by atoms with Crippen LogP contribution in [0.4, 0.5) is 15.0 Å². The van der Waals surface area contributed by atoms with E-state index in [-0.39, 0.29) is 23.5 Å². The zero-order valence-electron chi connectivity index (χ0n) is 14.3. The molecule has 1 saturated carbocycles. The molecule has 24 heavy (non-hydrogen) atoms. The summed E-state index contributed by atoms with van der Waals surface area (Å²) < 4.78 is 19.4. The second-order valence-electron chi connectivity index (χ2n) is 6.58. The minimum atomic E-state index is -0.323. The molecule has 1 aromatic heterocycles. The van der Waals surface area contributed by atoms with E-state index in [0.29, 0.717) is 32.0 Å². The van der Waals surface area contributed by atoms with E-state index >= 15 is 0 Å². The first kappa shape index (κ1) is 17.0. The molecule has 2 fully saturated rings. The van der Waals surface area contributed by atoms with E-state index in [9.17, 15) is 9.18 Å². The minimum absolute atomic E-state index is 0.0185. The first-order valence-electron chi connectivity index (χ1n) is 8.52. The summed E-state index contributed by atoms with van der Waals surface area (Å²) in [7, 11) is 1.71. The Morgan fingerprint density at radius 2 is 2.08 bits per heavy atom. The molecular formula is C17H25FN4O2. The van der Waals surface area contributed by atoms with Gasteiger partial charge in [0.05, 0.1) is 11.6 Å². The van der Waals surface area contributed by atoms with Crippen LogP contribution in [0.5, 0.6) is 0 Å². The average molecular weight is 336 g/mol. The number of ether oxygens (including phenoxy) is 1. The van der Waals surface area contributed by atoms with Crippen molar-refractivity contribution in [1.29, 1.82) is 0 Å². The number of hydrogen-bond acceptors (Lipinski definition) is 4. The van der Waals surface area contributed by atoms with Gasteiger partial charge >= 0.3 is 6.03 Å². The third-order valence-electron chi connectivity index (χ3n) is 5.34. The van der Waals surface area contributed by atoms with Gasteiger partial charge in [-0.25, -0.2) is 14.2 Å². The van der Waals surface area contributed by atoms with Gasteiger partial charge in [0.2, 0.25) is 0 Å². The number of methoxy groups -OCH3 is 1. The number of amides is 2. The van der Waals surface area contributed by atoms with Crippen LogP contribution >= 0.6 is 0 Å². The molecule has 1 atom stereocenters. The Bertz CT molecular complexity index is 580. The Balaban J connectivity index is 1.53. The number of aromatic nitrogens is 1. The second kappa shape index (κ2) is 6.93. The van der Waals surface area contributed by atoms with Gasteiger partial charge in [-0.05, 0) is 38.3 Å². The third kappa shape index (κ3) is 3.17. The molecule has 6 nitrogen and oxygen atoms in total. The van der Waals surface area contributed by atoms with Crippen LogP contribution in [0.15, 0.2) is 18.3 Å². The lowest BCUT2D eigenvalue weighted by atomic mass is 9.75. The van der Waals surface area contributed by atoms with Crippen LogP contribution in [-0.4, -0.2) is 60.8 Å². The van der Waals surface area contributed by atoms with Crippen molar-refractivity contribution in [1.82, 2.24) is 15.2 Å². The van der Waals surface area contributed by atoms with Crippen LogP contribution in [0.1, 0.15) is 26.2 Å². The number of nitrogens with one attached hydrogen (secondary N) is 1. The summed E-state index contributed by atoms with van der Waals surface area (Å²) in [5, 5.41) is 3.06. The molecule has 1 aromatic rings. The summed E-state index contributed by atoms with van der Waals surface area (Å²) in [6.07, 6.45) is 4.69. The third-order valence-corrected chi connectivity index (χ3v) is 5.34. The highest BCUT2D eigenvalue weighted by Gasteiger charge is 2.43. The molecule has 2 aliphatic rings. The fraction of sp³-hybridized carbons (Fsp3) is 0.647. The number of urea groups is 1. The van der Waals surface area contributed by atoms with Crippen molar-refractivity contribution in [2.45, 2.75) is 37.8 Å². The number of pyridine rings is 1. The summed E-state index contributed by atoms with van der Waals surface area (Å²) >= 11 is 0. The van der Waals surface area contributed by atoms with E-state index in [0.717, 1.165) is 19.3 Å². The number of rotatable bonds is 4. The summed E-state index contributed by atoms with van der Waals surface area (Å²) in [6.45, 7) is 4.25. The largest absolute Gasteiger partial charge is 0.376 e. The molecule has 0 bridgehead atoms. The van der Waals surface area contributed by atoms with Crippen molar-refractivity contribution in [2.75, 3.05) is 38.2 Å². The van der Waals surface area contributed by atoms with Crippen LogP contribution in [0.25, 0.3) is 0 Å². The molecule has 1 unspecified atom stereocenters. The van der Waals surface area contributed by atoms with Gasteiger partial charge in [-0.15, -0.1) is 0 Å². The van der Waals surface area contributed by atoms with Crippen molar-refractivity contribution >= 4 is 11.8 Å². The van der Waals surface area contributed by atoms with Gasteiger partial charge in [0.15, 0.2) is 11.6 Å². The van der Waals surface area contributed by atoms with Crippen LogP contribution in [-0.2, 0) is 4.74 Å². The Morgan fingerprint density at radius 1 is 1.38 bits per heavy atom. The number of nitrogens with zero attached hydrogens (tertiary/aromatic N) is 3. The van der Waals surface area contributed by atoms with E-state index in [1.807, 2.05) is 11.8 Å². The fourth-order valence-corrected chi connectivity index (χ4v) is 3.48. The van der Waals surface area contributed by atoms with E-state index in [1.165, 1.54) is 6.07 Å². The van der Waals surface area contributed by atoms with Crippen molar-refractivity contribution in [2.24, 2.45) is 0 Å². The normalized spacial score (nSPS) is 21.1. The molecular weight excluding hydrogens is 311 g/mol. The number of anilines is 1. The molecule has 3 rings (SSSR count). The summed E-state index contributed by atoms with van der Waals surface area (Å²) in [4.78, 5) is 20.2. The molecule has 1 aliphatic carbocycles. The zero-order valence-corrected chi connectivity index (χ0v) is 14.3. The summed E-state index contributed by atoms with van der Waals surface area (Å²) in [5.74, 6) is 0.0368. The Kier molecular flexibility index (Phi) is 4.89. The molecule has 132 valence electrons. The van der Waals surface area contributed by atoms with E-state index < -0.39 is 0 Å². The van der Waals surface area contributed by atoms with E-state index in [1.54, 1.807) is 24.3 Å². The molecule has 0 aromatic carbocycles. The highest BCUT2D eigenvalue weighted by Crippen LogP contribution is 2.38. The number of carbonyl (C=O) groups is 1. The lowest BCUT2D eigenvalue weighted by Gasteiger charge is -2.46. The number of carbonyl (C=O) groups excluding carboxylic acids is 1. The Hall–Kier alpha value is -1.89. The van der Waals surface area contributed by atoms with Gasteiger partial charge in [0.25, 0.3) is 0 Å². The first-order chi connectivity index (χ1) is 11.6. The van der Waals surface area contributed by atoms with Crippen molar-refractivity contribution in [3.8, 4) is 0 Å². The maximum absolute atomic E-state index is 13.8. The van der Waals surface area contributed by atoms with Crippen LogP contribution < -0.4 is 10.2 Å². The topological polar surface area (TPSA) is 57.7 Å². The van der Waals surface area contributed by atoms with Crippen LogP contribution in [0, 0.1) is 5.82 Å². The maximum Gasteiger partial charge on any atom is 0.317 e. The zero-order chi connectivity index (χ0) is 17.2. The van der Waals surface area contributed by atoms with Crippen LogP contribution in [0.2, 0.25) is 0 Å². The first-order valence-corrected chi connectivity index (χ1v) is 8.52. The predicted octanol–water partition coefficient (Wildman–Crippen LogP) is 2.01. The molecule has 1 N–H and O–H groups in total. The fourth-order valence-electron chi connectivity index (χ4n) is 3.48. The Labute approximate surface area is 142 Å². The monoisotopic (exact) mass is 336 g/mol. The molecule has 1 saturated heterocycles. The maximum atomic E-state index is 13.8. The van der Waals surface area contributed by atoms with Gasteiger partial charge in [-0.3, -0.25) is 0 Å². The molecule has 7 heteroatoms. The highest BCUT2D eigenvalue weighted by molar-refractivity contribution is 5.75. The van der Waals surface area contributed by atoms with Crippen molar-refractivity contribution < 1.29 is 13.9 Å².